The molecular formula is C31H36N4O3S. The second-order valence-electron chi connectivity index (χ2n) is 10.4. The summed E-state index contributed by atoms with van der Waals surface area (Å²) >= 11 is 4.44. The van der Waals surface area contributed by atoms with Crippen molar-refractivity contribution in [2.24, 2.45) is 5.92 Å². The first-order chi connectivity index (χ1) is 18.7. The monoisotopic (exact) mass is 544 g/mol. The summed E-state index contributed by atoms with van der Waals surface area (Å²) in [6.07, 6.45) is 4.40. The quantitative estimate of drug-likeness (QED) is 0.196. The summed E-state index contributed by atoms with van der Waals surface area (Å²) in [7, 11) is 0. The second-order valence-corrected chi connectivity index (χ2v) is 10.8. The lowest BCUT2D eigenvalue weighted by Crippen LogP contribution is -2.37. The number of hydrogen-bond acceptors (Lipinski definition) is 5. The molecule has 0 aliphatic heterocycles. The van der Waals surface area contributed by atoms with Crippen LogP contribution >= 0.6 is 12.6 Å². The van der Waals surface area contributed by atoms with E-state index in [0.717, 1.165) is 47.2 Å². The van der Waals surface area contributed by atoms with Crippen molar-refractivity contribution in [2.45, 2.75) is 59.5 Å². The zero-order valence-electron chi connectivity index (χ0n) is 22.9. The molecule has 2 aromatic carbocycles. The summed E-state index contributed by atoms with van der Waals surface area (Å²) in [5.74, 6) is 0.922. The molecule has 0 saturated heterocycles. The highest BCUT2D eigenvalue weighted by Crippen LogP contribution is 2.26. The third-order valence-electron chi connectivity index (χ3n) is 6.77. The first-order valence-electron chi connectivity index (χ1n) is 13.4. The van der Waals surface area contributed by atoms with Gasteiger partial charge in [0.1, 0.15) is 5.82 Å². The van der Waals surface area contributed by atoms with Gasteiger partial charge in [0.25, 0.3) is 5.91 Å². The highest BCUT2D eigenvalue weighted by Gasteiger charge is 2.19. The van der Waals surface area contributed by atoms with E-state index < -0.39 is 5.97 Å². The van der Waals surface area contributed by atoms with E-state index in [1.807, 2.05) is 37.3 Å². The maximum atomic E-state index is 13.2. The highest BCUT2D eigenvalue weighted by atomic mass is 32.1. The number of amides is 1. The van der Waals surface area contributed by atoms with Gasteiger partial charge in [0.15, 0.2) is 0 Å². The van der Waals surface area contributed by atoms with Gasteiger partial charge < -0.3 is 15.0 Å². The minimum absolute atomic E-state index is 0.00764. The van der Waals surface area contributed by atoms with Gasteiger partial charge in [0, 0.05) is 35.5 Å². The Morgan fingerprint density at radius 3 is 2.54 bits per heavy atom. The molecule has 1 amide bonds. The number of thiol groups is 1. The number of benzene rings is 2. The number of hydrogen-bond donors (Lipinski definition) is 3. The molecule has 0 bridgehead atoms. The van der Waals surface area contributed by atoms with Gasteiger partial charge in [-0.05, 0) is 61.1 Å². The van der Waals surface area contributed by atoms with Crippen LogP contribution in [0.5, 0.6) is 0 Å². The topological polar surface area (TPSA) is 97.1 Å². The number of carbonyl (C=O) groups excluding carboxylic acids is 1. The van der Waals surface area contributed by atoms with Crippen LogP contribution in [0.25, 0.3) is 22.3 Å². The van der Waals surface area contributed by atoms with Crippen molar-refractivity contribution in [3.63, 3.8) is 0 Å². The molecule has 0 radical (unpaired) electrons. The lowest BCUT2D eigenvalue weighted by atomic mass is 10.0. The van der Waals surface area contributed by atoms with Crippen molar-refractivity contribution in [3.05, 3.63) is 82.8 Å². The van der Waals surface area contributed by atoms with Crippen molar-refractivity contribution >= 4 is 35.5 Å². The maximum absolute atomic E-state index is 13.2. The van der Waals surface area contributed by atoms with Crippen LogP contribution < -0.4 is 5.32 Å². The fourth-order valence-electron chi connectivity index (χ4n) is 4.93. The Bertz CT molecular complexity index is 1480. The summed E-state index contributed by atoms with van der Waals surface area (Å²) in [4.78, 5) is 34.4. The third-order valence-corrected chi connectivity index (χ3v) is 7.21. The lowest BCUT2D eigenvalue weighted by Gasteiger charge is -2.19. The van der Waals surface area contributed by atoms with E-state index in [2.05, 4.69) is 48.3 Å². The highest BCUT2D eigenvalue weighted by molar-refractivity contribution is 7.80. The Hall–Kier alpha value is -3.65. The van der Waals surface area contributed by atoms with Gasteiger partial charge in [-0.2, -0.15) is 12.6 Å². The van der Waals surface area contributed by atoms with E-state index in [9.17, 15) is 14.7 Å². The number of aryl methyl sites for hydroxylation is 2. The Labute approximate surface area is 235 Å². The zero-order chi connectivity index (χ0) is 28.1. The summed E-state index contributed by atoms with van der Waals surface area (Å²) in [5.41, 5.74) is 5.74. The first kappa shape index (κ1) is 28.4. The molecule has 0 aliphatic rings. The molecule has 1 atom stereocenters. The van der Waals surface area contributed by atoms with Gasteiger partial charge in [-0.25, -0.2) is 9.78 Å². The molecule has 0 saturated carbocycles. The summed E-state index contributed by atoms with van der Waals surface area (Å²) < 4.78 is 2.16. The van der Waals surface area contributed by atoms with Crippen molar-refractivity contribution < 1.29 is 14.7 Å². The molecule has 0 spiro atoms. The Morgan fingerprint density at radius 2 is 1.90 bits per heavy atom. The SMILES string of the molecule is CCCc1nc2c(C)cc(C(=O)N[C@@H](CS)CC(C)C)cc2n1Cc1ccc(-c2ccccc2C(=O)O)nc1. The number of nitrogens with zero attached hydrogens (tertiary/aromatic N) is 3. The largest absolute Gasteiger partial charge is 0.478 e. The van der Waals surface area contributed by atoms with E-state index in [-0.39, 0.29) is 17.5 Å². The predicted molar refractivity (Wildman–Crippen MR) is 159 cm³/mol. The Balaban J connectivity index is 1.68. The van der Waals surface area contributed by atoms with Gasteiger partial charge in [-0.3, -0.25) is 9.78 Å². The lowest BCUT2D eigenvalue weighted by molar-refractivity contribution is 0.0697. The molecule has 39 heavy (non-hydrogen) atoms. The first-order valence-corrected chi connectivity index (χ1v) is 14.0. The maximum Gasteiger partial charge on any atom is 0.336 e. The van der Waals surface area contributed by atoms with Crippen LogP contribution in [-0.4, -0.2) is 43.3 Å². The molecule has 4 aromatic rings. The van der Waals surface area contributed by atoms with Crippen molar-refractivity contribution in [1.29, 1.82) is 0 Å². The number of carboxylic acid groups (broad SMARTS) is 1. The van der Waals surface area contributed by atoms with E-state index in [0.29, 0.717) is 35.0 Å². The number of rotatable bonds is 11. The number of imidazole rings is 1. The van der Waals surface area contributed by atoms with Crippen LogP contribution in [0.1, 0.15) is 71.3 Å². The normalized spacial score (nSPS) is 12.2. The van der Waals surface area contributed by atoms with E-state index >= 15 is 0 Å². The molecule has 4 rings (SSSR count). The third kappa shape index (κ3) is 6.50. The minimum atomic E-state index is -0.981. The number of carboxylic acids is 1. The van der Waals surface area contributed by atoms with E-state index in [1.54, 1.807) is 24.4 Å². The Kier molecular flexibility index (Phi) is 9.07. The number of aromatic carboxylic acids is 1. The molecule has 0 aliphatic carbocycles. The fraction of sp³-hybridized carbons (Fsp3) is 0.355. The molecular weight excluding hydrogens is 508 g/mol. The van der Waals surface area contributed by atoms with Crippen molar-refractivity contribution in [1.82, 2.24) is 19.9 Å². The van der Waals surface area contributed by atoms with E-state index in [4.69, 9.17) is 4.98 Å². The molecule has 204 valence electrons. The van der Waals surface area contributed by atoms with Gasteiger partial charge >= 0.3 is 5.97 Å². The standard InChI is InChI=1S/C31H36N4O3S/c1-5-8-28-34-29-20(4)14-22(30(36)33-23(18-39)13-19(2)3)15-27(29)35(28)17-21-11-12-26(32-16-21)24-9-6-7-10-25(24)31(37)38/h6-7,9-12,14-16,19,23,39H,5,8,13,17-18H2,1-4H3,(H,33,36)(H,37,38)/t23-/m1/s1. The van der Waals surface area contributed by atoms with Gasteiger partial charge in [0.05, 0.1) is 28.8 Å². The summed E-state index contributed by atoms with van der Waals surface area (Å²) in [6, 6.07) is 14.5. The smallest absolute Gasteiger partial charge is 0.336 e. The van der Waals surface area contributed by atoms with Crippen molar-refractivity contribution in [2.75, 3.05) is 5.75 Å². The van der Waals surface area contributed by atoms with Crippen LogP contribution in [-0.2, 0) is 13.0 Å². The number of fused-ring (bicyclic) bond motifs is 1. The predicted octanol–water partition coefficient (Wildman–Crippen LogP) is 6.18. The van der Waals surface area contributed by atoms with Gasteiger partial charge in [-0.15, -0.1) is 0 Å². The molecule has 2 N–H and O–H groups in total. The van der Waals surface area contributed by atoms with Gasteiger partial charge in [-0.1, -0.05) is 45.0 Å². The van der Waals surface area contributed by atoms with Crippen molar-refractivity contribution in [3.8, 4) is 11.3 Å². The minimum Gasteiger partial charge on any atom is -0.478 e. The van der Waals surface area contributed by atoms with Crippen LogP contribution in [0.3, 0.4) is 0 Å². The van der Waals surface area contributed by atoms with Gasteiger partial charge in [0.2, 0.25) is 0 Å². The summed E-state index contributed by atoms with van der Waals surface area (Å²) in [6.45, 7) is 8.93. The zero-order valence-corrected chi connectivity index (χ0v) is 23.8. The molecule has 2 heterocycles. The molecule has 7 nitrogen and oxygen atoms in total. The Morgan fingerprint density at radius 1 is 1.13 bits per heavy atom. The molecule has 8 heteroatoms. The van der Waals surface area contributed by atoms with Crippen LogP contribution in [0.4, 0.5) is 0 Å². The second kappa shape index (κ2) is 12.5. The van der Waals surface area contributed by atoms with E-state index in [1.165, 1.54) is 0 Å². The average molecular weight is 545 g/mol. The molecule has 2 aromatic heterocycles. The number of carbonyl (C=O) groups is 2. The summed E-state index contributed by atoms with van der Waals surface area (Å²) in [5, 5.41) is 12.7. The van der Waals surface area contributed by atoms with Crippen LogP contribution in [0.2, 0.25) is 0 Å². The van der Waals surface area contributed by atoms with Crippen LogP contribution in [0, 0.1) is 12.8 Å². The fourth-order valence-corrected chi connectivity index (χ4v) is 5.17. The van der Waals surface area contributed by atoms with Crippen LogP contribution in [0.15, 0.2) is 54.7 Å². The average Bonchev–Trinajstić information content (AvgIpc) is 3.26. The number of aromatic nitrogens is 3. The number of nitrogens with one attached hydrogen (secondary N) is 1. The molecule has 0 fully saturated rings. The molecule has 0 unspecified atom stereocenters. The number of pyridine rings is 1.